The molecule has 0 radical (unpaired) electrons. The first-order valence-electron chi connectivity index (χ1n) is 6.46. The van der Waals surface area contributed by atoms with Crippen LogP contribution in [0.2, 0.25) is 0 Å². The number of Topliss-reactive ketones (excluding diaryl/α,β-unsaturated/α-hetero) is 1. The van der Waals surface area contributed by atoms with Crippen LogP contribution in [0.15, 0.2) is 11.6 Å². The van der Waals surface area contributed by atoms with Gasteiger partial charge in [0.25, 0.3) is 0 Å². The molecule has 0 fully saturated rings. The predicted molar refractivity (Wildman–Crippen MR) is 66.5 cm³/mol. The number of ketones is 1. The van der Waals surface area contributed by atoms with Crippen molar-refractivity contribution in [2.45, 2.75) is 46.5 Å². The van der Waals surface area contributed by atoms with E-state index in [1.54, 1.807) is 6.92 Å². The fourth-order valence-electron chi connectivity index (χ4n) is 2.24. The lowest BCUT2D eigenvalue weighted by atomic mass is 9.81. The number of carbonyl (C=O) groups is 2. The zero-order valence-electron chi connectivity index (χ0n) is 11.0. The minimum absolute atomic E-state index is 0.00746. The quantitative estimate of drug-likeness (QED) is 0.420. The predicted octanol–water partition coefficient (Wildman–Crippen LogP) is 2.89. The molecule has 2 unspecified atom stereocenters. The monoisotopic (exact) mass is 238 g/mol. The summed E-state index contributed by atoms with van der Waals surface area (Å²) in [7, 11) is 0. The summed E-state index contributed by atoms with van der Waals surface area (Å²) < 4.78 is 4.95. The van der Waals surface area contributed by atoms with Crippen LogP contribution in [0.3, 0.4) is 0 Å². The molecule has 0 aliphatic heterocycles. The molecule has 0 aromatic rings. The average Bonchev–Trinajstić information content (AvgIpc) is 2.31. The minimum Gasteiger partial charge on any atom is -0.465 e. The summed E-state index contributed by atoms with van der Waals surface area (Å²) in [5.41, 5.74) is 1.35. The van der Waals surface area contributed by atoms with Crippen LogP contribution in [0.25, 0.3) is 0 Å². The molecule has 1 aliphatic carbocycles. The highest BCUT2D eigenvalue weighted by molar-refractivity contribution is 6.00. The number of rotatable bonds is 5. The lowest BCUT2D eigenvalue weighted by Gasteiger charge is -2.22. The van der Waals surface area contributed by atoms with Gasteiger partial charge in [-0.2, -0.15) is 0 Å². The Kier molecular flexibility index (Phi) is 5.39. The fourth-order valence-corrected chi connectivity index (χ4v) is 2.24. The van der Waals surface area contributed by atoms with Crippen molar-refractivity contribution >= 4 is 11.8 Å². The maximum Gasteiger partial charge on any atom is 0.316 e. The summed E-state index contributed by atoms with van der Waals surface area (Å²) in [6.45, 7) is 6.06. The van der Waals surface area contributed by atoms with Crippen LogP contribution in [0, 0.1) is 11.8 Å². The summed E-state index contributed by atoms with van der Waals surface area (Å²) in [4.78, 5) is 23.9. The largest absolute Gasteiger partial charge is 0.465 e. The molecular weight excluding hydrogens is 216 g/mol. The van der Waals surface area contributed by atoms with E-state index >= 15 is 0 Å². The Balaban J connectivity index is 2.63. The second-order valence-electron chi connectivity index (χ2n) is 4.64. The van der Waals surface area contributed by atoms with Crippen molar-refractivity contribution < 1.29 is 14.3 Å². The molecule has 0 spiro atoms. The molecule has 0 aromatic heterocycles. The molecule has 2 atom stereocenters. The third kappa shape index (κ3) is 3.69. The van der Waals surface area contributed by atoms with Gasteiger partial charge in [-0.25, -0.2) is 0 Å². The molecule has 1 rings (SSSR count). The number of ether oxygens (including phenoxy) is 1. The Morgan fingerprint density at radius 2 is 2.18 bits per heavy atom. The Labute approximate surface area is 103 Å². The van der Waals surface area contributed by atoms with Gasteiger partial charge in [-0.3, -0.25) is 9.59 Å². The Bertz CT molecular complexity index is 317. The van der Waals surface area contributed by atoms with Gasteiger partial charge in [0.15, 0.2) is 0 Å². The first-order valence-corrected chi connectivity index (χ1v) is 6.46. The van der Waals surface area contributed by atoms with Gasteiger partial charge in [0.2, 0.25) is 0 Å². The van der Waals surface area contributed by atoms with Crippen LogP contribution < -0.4 is 0 Å². The van der Waals surface area contributed by atoms with Crippen LogP contribution in [-0.4, -0.2) is 18.4 Å². The zero-order chi connectivity index (χ0) is 12.8. The Morgan fingerprint density at radius 1 is 1.47 bits per heavy atom. The van der Waals surface area contributed by atoms with Gasteiger partial charge in [0.05, 0.1) is 6.61 Å². The van der Waals surface area contributed by atoms with Crippen LogP contribution in [-0.2, 0) is 14.3 Å². The lowest BCUT2D eigenvalue weighted by Crippen LogP contribution is -2.31. The highest BCUT2D eigenvalue weighted by Crippen LogP contribution is 2.27. The minimum atomic E-state index is -0.563. The number of hydrogen-bond donors (Lipinski definition) is 0. The first kappa shape index (κ1) is 13.9. The van der Waals surface area contributed by atoms with E-state index in [9.17, 15) is 9.59 Å². The summed E-state index contributed by atoms with van der Waals surface area (Å²) >= 11 is 0. The highest BCUT2D eigenvalue weighted by atomic mass is 16.5. The summed E-state index contributed by atoms with van der Waals surface area (Å²) in [5, 5.41) is 0. The van der Waals surface area contributed by atoms with E-state index in [2.05, 4.69) is 13.0 Å². The SMILES string of the molecule is CCOC(=O)C(CC)C(=O)C1CC=C(C)CC1. The zero-order valence-corrected chi connectivity index (χ0v) is 11.0. The lowest BCUT2D eigenvalue weighted by molar-refractivity contribution is -0.152. The van der Waals surface area contributed by atoms with Gasteiger partial charge in [-0.05, 0) is 39.5 Å². The molecule has 17 heavy (non-hydrogen) atoms. The van der Waals surface area contributed by atoms with Crippen molar-refractivity contribution in [1.29, 1.82) is 0 Å². The number of esters is 1. The van der Waals surface area contributed by atoms with Gasteiger partial charge >= 0.3 is 5.97 Å². The van der Waals surface area contributed by atoms with Crippen LogP contribution >= 0.6 is 0 Å². The van der Waals surface area contributed by atoms with Crippen molar-refractivity contribution in [3.05, 3.63) is 11.6 Å². The average molecular weight is 238 g/mol. The number of hydrogen-bond acceptors (Lipinski definition) is 3. The summed E-state index contributed by atoms with van der Waals surface area (Å²) in [6.07, 6.45) is 5.27. The molecule has 3 heteroatoms. The van der Waals surface area contributed by atoms with E-state index < -0.39 is 5.92 Å². The standard InChI is InChI=1S/C14H22O3/c1-4-12(14(16)17-5-2)13(15)11-8-6-10(3)7-9-11/h6,11-12H,4-5,7-9H2,1-3H3. The maximum absolute atomic E-state index is 12.2. The van der Waals surface area contributed by atoms with Gasteiger partial charge in [0, 0.05) is 5.92 Å². The van der Waals surface area contributed by atoms with Crippen molar-refractivity contribution in [3.63, 3.8) is 0 Å². The van der Waals surface area contributed by atoms with E-state index in [1.807, 2.05) is 6.92 Å². The number of allylic oxidation sites excluding steroid dienone is 2. The molecule has 0 bridgehead atoms. The molecule has 3 nitrogen and oxygen atoms in total. The van der Waals surface area contributed by atoms with Crippen LogP contribution in [0.1, 0.15) is 46.5 Å². The molecule has 0 amide bonds. The molecular formula is C14H22O3. The van der Waals surface area contributed by atoms with E-state index in [0.29, 0.717) is 13.0 Å². The first-order chi connectivity index (χ1) is 8.10. The molecule has 0 N–H and O–H groups in total. The molecule has 0 saturated carbocycles. The van der Waals surface area contributed by atoms with Crippen molar-refractivity contribution in [2.24, 2.45) is 11.8 Å². The van der Waals surface area contributed by atoms with Gasteiger partial charge in [0.1, 0.15) is 11.7 Å². The van der Waals surface area contributed by atoms with Gasteiger partial charge in [-0.15, -0.1) is 0 Å². The van der Waals surface area contributed by atoms with E-state index in [0.717, 1.165) is 19.3 Å². The maximum atomic E-state index is 12.2. The summed E-state index contributed by atoms with van der Waals surface area (Å²) in [6, 6.07) is 0. The molecule has 96 valence electrons. The molecule has 0 heterocycles. The Hall–Kier alpha value is -1.12. The second kappa shape index (κ2) is 6.58. The fraction of sp³-hybridized carbons (Fsp3) is 0.714. The van der Waals surface area contributed by atoms with Gasteiger partial charge < -0.3 is 4.74 Å². The van der Waals surface area contributed by atoms with E-state index in [1.165, 1.54) is 5.57 Å². The van der Waals surface area contributed by atoms with E-state index in [-0.39, 0.29) is 17.7 Å². The van der Waals surface area contributed by atoms with Crippen molar-refractivity contribution in [1.82, 2.24) is 0 Å². The third-order valence-corrected chi connectivity index (χ3v) is 3.36. The normalized spacial score (nSPS) is 21.6. The highest BCUT2D eigenvalue weighted by Gasteiger charge is 2.32. The van der Waals surface area contributed by atoms with Gasteiger partial charge in [-0.1, -0.05) is 18.6 Å². The molecule has 0 aromatic carbocycles. The number of carbonyl (C=O) groups excluding carboxylic acids is 2. The molecule has 1 aliphatic rings. The molecule has 0 saturated heterocycles. The third-order valence-electron chi connectivity index (χ3n) is 3.36. The topological polar surface area (TPSA) is 43.4 Å². The summed E-state index contributed by atoms with van der Waals surface area (Å²) in [5.74, 6) is -0.846. The van der Waals surface area contributed by atoms with E-state index in [4.69, 9.17) is 4.74 Å². The van der Waals surface area contributed by atoms with Crippen LogP contribution in [0.5, 0.6) is 0 Å². The van der Waals surface area contributed by atoms with Crippen molar-refractivity contribution in [3.8, 4) is 0 Å². The second-order valence-corrected chi connectivity index (χ2v) is 4.64. The van der Waals surface area contributed by atoms with Crippen LogP contribution in [0.4, 0.5) is 0 Å². The smallest absolute Gasteiger partial charge is 0.316 e. The van der Waals surface area contributed by atoms with Crippen molar-refractivity contribution in [2.75, 3.05) is 6.61 Å². The Morgan fingerprint density at radius 3 is 2.65 bits per heavy atom.